The van der Waals surface area contributed by atoms with Crippen LogP contribution in [0.15, 0.2) is 47.4 Å². The van der Waals surface area contributed by atoms with Gasteiger partial charge in [-0.25, -0.2) is 26.3 Å². The summed E-state index contributed by atoms with van der Waals surface area (Å²) < 4.78 is 58.6. The number of benzene rings is 2. The van der Waals surface area contributed by atoms with Crippen LogP contribution in [-0.4, -0.2) is 58.3 Å². The number of nitrogens with one attached hydrogen (secondary N) is 4. The van der Waals surface area contributed by atoms with Gasteiger partial charge in [0.05, 0.1) is 29.9 Å². The van der Waals surface area contributed by atoms with Crippen molar-refractivity contribution >= 4 is 37.4 Å². The van der Waals surface area contributed by atoms with E-state index < -0.39 is 25.9 Å². The Hall–Kier alpha value is -3.78. The molecule has 3 aromatic rings. The zero-order valence-electron chi connectivity index (χ0n) is 28.2. The topological polar surface area (TPSA) is 161 Å². The number of aromatic nitrogens is 2. The lowest BCUT2D eigenvalue weighted by molar-refractivity contribution is 0.240. The first-order valence-electron chi connectivity index (χ1n) is 15.2. The molecule has 0 radical (unpaired) electrons. The second-order valence-corrected chi connectivity index (χ2v) is 16.5. The van der Waals surface area contributed by atoms with E-state index in [9.17, 15) is 21.6 Å². The van der Waals surface area contributed by atoms with Crippen LogP contribution in [0.3, 0.4) is 0 Å². The van der Waals surface area contributed by atoms with Gasteiger partial charge in [-0.3, -0.25) is 15.6 Å². The molecule has 254 valence electrons. The van der Waals surface area contributed by atoms with Crippen LogP contribution < -0.4 is 25.6 Å². The number of anilines is 2. The molecule has 14 heteroatoms. The smallest absolute Gasteiger partial charge is 0.333 e. The van der Waals surface area contributed by atoms with Crippen molar-refractivity contribution in [3.63, 3.8) is 0 Å². The number of urea groups is 1. The monoisotopic (exact) mass is 676 g/mol. The molecule has 0 saturated heterocycles. The zero-order chi connectivity index (χ0) is 34.5. The second kappa shape index (κ2) is 14.3. The van der Waals surface area contributed by atoms with Crippen LogP contribution in [0.1, 0.15) is 77.6 Å². The number of hydrogen-bond acceptors (Lipinski definition) is 8. The van der Waals surface area contributed by atoms with Gasteiger partial charge in [0.1, 0.15) is 10.6 Å². The van der Waals surface area contributed by atoms with Crippen LogP contribution in [0.25, 0.3) is 5.69 Å². The molecule has 0 spiro atoms. The van der Waals surface area contributed by atoms with Gasteiger partial charge in [0.15, 0.2) is 15.7 Å². The summed E-state index contributed by atoms with van der Waals surface area (Å²) in [6, 6.07) is 12.1. The summed E-state index contributed by atoms with van der Waals surface area (Å²) in [4.78, 5) is 12.6. The molecule has 12 nitrogen and oxygen atoms in total. The fourth-order valence-electron chi connectivity index (χ4n) is 4.79. The molecule has 0 aliphatic carbocycles. The van der Waals surface area contributed by atoms with Crippen LogP contribution >= 0.6 is 0 Å². The Morgan fingerprint density at radius 3 is 2.24 bits per heavy atom. The molecule has 1 heterocycles. The van der Waals surface area contributed by atoms with E-state index in [4.69, 9.17) is 4.74 Å². The highest BCUT2D eigenvalue weighted by Crippen LogP contribution is 2.38. The summed E-state index contributed by atoms with van der Waals surface area (Å²) in [6.07, 6.45) is 4.58. The lowest BCUT2D eigenvalue weighted by Gasteiger charge is -2.30. The fraction of sp³-hybridized carbons (Fsp3) is 0.500. The molecule has 0 saturated carbocycles. The third kappa shape index (κ3) is 9.38. The van der Waals surface area contributed by atoms with E-state index in [-0.39, 0.29) is 32.9 Å². The van der Waals surface area contributed by atoms with Crippen molar-refractivity contribution in [1.29, 1.82) is 0 Å². The lowest BCUT2D eigenvalue weighted by atomic mass is 9.76. The predicted octanol–water partition coefficient (Wildman–Crippen LogP) is 5.43. The van der Waals surface area contributed by atoms with Gasteiger partial charge in [-0.05, 0) is 66.8 Å². The van der Waals surface area contributed by atoms with E-state index in [2.05, 4.69) is 79.7 Å². The summed E-state index contributed by atoms with van der Waals surface area (Å²) >= 11 is 0. The van der Waals surface area contributed by atoms with Gasteiger partial charge in [0.2, 0.25) is 10.0 Å². The van der Waals surface area contributed by atoms with Gasteiger partial charge in [0, 0.05) is 18.4 Å². The number of ether oxygens (including phenoxy) is 1. The Morgan fingerprint density at radius 1 is 0.957 bits per heavy atom. The van der Waals surface area contributed by atoms with E-state index >= 15 is 0 Å². The number of sulfone groups is 1. The number of hydrazine groups is 1. The first kappa shape index (κ1) is 36.7. The third-order valence-corrected chi connectivity index (χ3v) is 10.0. The Bertz CT molecular complexity index is 1770. The highest BCUT2D eigenvalue weighted by molar-refractivity contribution is 7.92. The van der Waals surface area contributed by atoms with Gasteiger partial charge in [-0.1, -0.05) is 59.7 Å². The van der Waals surface area contributed by atoms with Crippen molar-refractivity contribution in [3.8, 4) is 11.4 Å². The average Bonchev–Trinajstić information content (AvgIpc) is 3.31. The maximum Gasteiger partial charge on any atom is 0.333 e. The van der Waals surface area contributed by atoms with E-state index in [1.165, 1.54) is 23.2 Å². The van der Waals surface area contributed by atoms with Crippen LogP contribution in [0.4, 0.5) is 16.3 Å². The van der Waals surface area contributed by atoms with Crippen LogP contribution in [0, 0.1) is 6.92 Å². The number of carbonyl (C=O) groups is 1. The van der Waals surface area contributed by atoms with Crippen molar-refractivity contribution < 1.29 is 26.4 Å². The van der Waals surface area contributed by atoms with Crippen molar-refractivity contribution in [2.45, 2.75) is 83.5 Å². The predicted molar refractivity (Wildman–Crippen MR) is 183 cm³/mol. The van der Waals surface area contributed by atoms with Crippen molar-refractivity contribution in [2.75, 3.05) is 35.8 Å². The summed E-state index contributed by atoms with van der Waals surface area (Å²) in [5.41, 5.74) is 8.42. The normalized spacial score (nSPS) is 12.5. The number of amides is 2. The first-order valence-corrected chi connectivity index (χ1v) is 19.0. The van der Waals surface area contributed by atoms with E-state index in [1.54, 1.807) is 18.2 Å². The first-order chi connectivity index (χ1) is 21.3. The number of hydrogen-bond donors (Lipinski definition) is 4. The molecular formula is C32H48N6O6S2. The Labute approximate surface area is 273 Å². The highest BCUT2D eigenvalue weighted by Gasteiger charge is 2.27. The molecule has 4 N–H and O–H groups in total. The van der Waals surface area contributed by atoms with Crippen molar-refractivity contribution in [2.24, 2.45) is 0 Å². The van der Waals surface area contributed by atoms with E-state index in [1.807, 2.05) is 6.07 Å². The minimum Gasteiger partial charge on any atom is -0.493 e. The third-order valence-electron chi connectivity index (χ3n) is 8.19. The maximum atomic E-state index is 12.7. The van der Waals surface area contributed by atoms with Gasteiger partial charge in [-0.15, -0.1) is 0 Å². The molecule has 0 fully saturated rings. The highest BCUT2D eigenvalue weighted by atomic mass is 32.2. The van der Waals surface area contributed by atoms with Crippen molar-refractivity contribution in [1.82, 2.24) is 20.5 Å². The Kier molecular flexibility index (Phi) is 11.4. The summed E-state index contributed by atoms with van der Waals surface area (Å²) in [7, 11) is -7.31. The zero-order valence-corrected chi connectivity index (χ0v) is 29.9. The largest absolute Gasteiger partial charge is 0.493 e. The number of carbonyl (C=O) groups excluding carboxylic acids is 1. The molecule has 3 rings (SSSR count). The number of nitrogens with zero attached hydrogens (tertiary/aromatic N) is 2. The maximum absolute atomic E-state index is 12.7. The molecule has 0 aliphatic rings. The summed E-state index contributed by atoms with van der Waals surface area (Å²) in [5.74, 6) is 0.831. The van der Waals surface area contributed by atoms with Gasteiger partial charge in [0.25, 0.3) is 0 Å². The average molecular weight is 677 g/mol. The number of rotatable bonds is 15. The van der Waals surface area contributed by atoms with Gasteiger partial charge < -0.3 is 10.1 Å². The molecule has 0 aliphatic heterocycles. The summed E-state index contributed by atoms with van der Waals surface area (Å²) in [5, 5.41) is 7.08. The second-order valence-electron chi connectivity index (χ2n) is 12.8. The van der Waals surface area contributed by atoms with Crippen molar-refractivity contribution in [3.05, 3.63) is 59.3 Å². The van der Waals surface area contributed by atoms with Gasteiger partial charge in [-0.2, -0.15) is 5.10 Å². The fourth-order valence-corrected chi connectivity index (χ4v) is 6.41. The Morgan fingerprint density at radius 2 is 1.63 bits per heavy atom. The molecule has 2 aromatic carbocycles. The molecular weight excluding hydrogens is 629 g/mol. The van der Waals surface area contributed by atoms with Crippen LogP contribution in [0.5, 0.6) is 5.75 Å². The van der Waals surface area contributed by atoms with Crippen LogP contribution in [0.2, 0.25) is 0 Å². The van der Waals surface area contributed by atoms with E-state index in [0.29, 0.717) is 25.3 Å². The minimum absolute atomic E-state index is 0.00393. The molecule has 0 bridgehead atoms. The number of sulfonamides is 1. The van der Waals surface area contributed by atoms with Crippen LogP contribution in [-0.2, 0) is 30.7 Å². The van der Waals surface area contributed by atoms with E-state index in [0.717, 1.165) is 36.7 Å². The Balaban J connectivity index is 1.67. The molecule has 0 atom stereocenters. The molecule has 2 amide bonds. The number of aryl methyl sites for hydroxylation is 1. The minimum atomic E-state index is -3.76. The standard InChI is InChI=1S/C32H48N6O6S2/c1-10-31(4,5)23-16-17-27(26(20-23)32(6,7)11-2)44-19-13-18-33-30(39)35-34-29-28(45(8,40)41)22(3)36-38(29)25-15-12-14-24(21-25)37-46(9,42)43/h12,14-17,20-21,34,37H,10-11,13,18-19H2,1-9H3,(H2,33,35,39). The quantitative estimate of drug-likeness (QED) is 0.123. The van der Waals surface area contributed by atoms with Gasteiger partial charge >= 0.3 is 6.03 Å². The summed E-state index contributed by atoms with van der Waals surface area (Å²) in [6.45, 7) is 15.5. The lowest BCUT2D eigenvalue weighted by Crippen LogP contribution is -2.40. The molecule has 1 aromatic heterocycles. The SMILES string of the molecule is CCC(C)(C)c1ccc(OCCCNC(=O)NNc2c(S(C)(=O)=O)c(C)nn2-c2cccc(NS(C)(=O)=O)c2)c(C(C)(C)CC)c1. The molecule has 0 unspecified atom stereocenters. The molecule has 46 heavy (non-hydrogen) atoms.